The number of primary amides is 1. The second-order valence-electron chi connectivity index (χ2n) is 4.63. The van der Waals surface area contributed by atoms with Gasteiger partial charge in [0.25, 0.3) is 5.89 Å². The summed E-state index contributed by atoms with van der Waals surface area (Å²) < 4.78 is 10.2. The van der Waals surface area contributed by atoms with E-state index < -0.39 is 0 Å². The van der Waals surface area contributed by atoms with Crippen LogP contribution >= 0.6 is 11.8 Å². The summed E-state index contributed by atoms with van der Waals surface area (Å²) in [6.07, 6.45) is 3.09. The van der Waals surface area contributed by atoms with Gasteiger partial charge >= 0.3 is 0 Å². The number of para-hydroxylation sites is 1. The van der Waals surface area contributed by atoms with Crippen molar-refractivity contribution in [2.45, 2.75) is 11.4 Å². The van der Waals surface area contributed by atoms with Crippen molar-refractivity contribution in [3.05, 3.63) is 48.7 Å². The fourth-order valence-corrected chi connectivity index (χ4v) is 2.66. The standard InChI is InChI=1S/C15H14N4O3S/c16-13(20)9-23-12-4-2-1-3-11(12)17-7-14-18-15(22-19-14)10-5-6-21-8-10/h1-6,8,17H,7,9H2,(H2,16,20). The van der Waals surface area contributed by atoms with Crippen LogP contribution in [0, 0.1) is 0 Å². The lowest BCUT2D eigenvalue weighted by Crippen LogP contribution is -2.13. The maximum absolute atomic E-state index is 10.9. The van der Waals surface area contributed by atoms with E-state index in [2.05, 4.69) is 15.5 Å². The molecule has 3 rings (SSSR count). The molecule has 0 spiro atoms. The molecule has 0 aliphatic carbocycles. The predicted molar refractivity (Wildman–Crippen MR) is 85.7 cm³/mol. The highest BCUT2D eigenvalue weighted by molar-refractivity contribution is 8.00. The van der Waals surface area contributed by atoms with Gasteiger partial charge in [0.05, 0.1) is 24.1 Å². The molecule has 0 unspecified atom stereocenters. The fraction of sp³-hybridized carbons (Fsp3) is 0.133. The second-order valence-corrected chi connectivity index (χ2v) is 5.65. The van der Waals surface area contributed by atoms with Crippen molar-refractivity contribution in [3.8, 4) is 11.5 Å². The van der Waals surface area contributed by atoms with Crippen molar-refractivity contribution < 1.29 is 13.7 Å². The average molecular weight is 330 g/mol. The maximum atomic E-state index is 10.9. The summed E-state index contributed by atoms with van der Waals surface area (Å²) in [4.78, 5) is 16.1. The van der Waals surface area contributed by atoms with Crippen LogP contribution in [0.2, 0.25) is 0 Å². The van der Waals surface area contributed by atoms with Gasteiger partial charge in [-0.25, -0.2) is 0 Å². The summed E-state index contributed by atoms with van der Waals surface area (Å²) in [5, 5.41) is 7.15. The lowest BCUT2D eigenvalue weighted by atomic mass is 10.3. The van der Waals surface area contributed by atoms with Crippen LogP contribution in [0.1, 0.15) is 5.82 Å². The van der Waals surface area contributed by atoms with E-state index in [1.54, 1.807) is 18.6 Å². The Bertz CT molecular complexity index is 786. The number of anilines is 1. The molecule has 3 aromatic rings. The highest BCUT2D eigenvalue weighted by Crippen LogP contribution is 2.27. The monoisotopic (exact) mass is 330 g/mol. The number of nitrogens with one attached hydrogen (secondary N) is 1. The second kappa shape index (κ2) is 7.01. The van der Waals surface area contributed by atoms with Crippen LogP contribution in [-0.4, -0.2) is 21.8 Å². The normalized spacial score (nSPS) is 10.6. The van der Waals surface area contributed by atoms with Gasteiger partial charge in [-0.2, -0.15) is 4.98 Å². The summed E-state index contributed by atoms with van der Waals surface area (Å²) in [6.45, 7) is 0.398. The molecule has 1 aromatic carbocycles. The van der Waals surface area contributed by atoms with Crippen LogP contribution in [-0.2, 0) is 11.3 Å². The van der Waals surface area contributed by atoms with Gasteiger partial charge in [0, 0.05) is 10.6 Å². The van der Waals surface area contributed by atoms with Crippen LogP contribution in [0.5, 0.6) is 0 Å². The lowest BCUT2D eigenvalue weighted by molar-refractivity contribution is -0.115. The average Bonchev–Trinajstić information content (AvgIpc) is 3.22. The molecule has 2 aromatic heterocycles. The van der Waals surface area contributed by atoms with E-state index in [4.69, 9.17) is 14.7 Å². The minimum absolute atomic E-state index is 0.228. The zero-order chi connectivity index (χ0) is 16.1. The molecular weight excluding hydrogens is 316 g/mol. The van der Waals surface area contributed by atoms with E-state index >= 15 is 0 Å². The number of carbonyl (C=O) groups excluding carboxylic acids is 1. The Balaban J connectivity index is 1.65. The van der Waals surface area contributed by atoms with Crippen LogP contribution in [0.25, 0.3) is 11.5 Å². The Morgan fingerprint density at radius 3 is 2.96 bits per heavy atom. The Morgan fingerprint density at radius 2 is 2.17 bits per heavy atom. The topological polar surface area (TPSA) is 107 Å². The number of rotatable bonds is 7. The number of nitrogens with zero attached hydrogens (tertiary/aromatic N) is 2. The first-order valence-corrected chi connectivity index (χ1v) is 7.80. The molecule has 118 valence electrons. The Labute approximate surface area is 136 Å². The van der Waals surface area contributed by atoms with Crippen molar-refractivity contribution in [2.24, 2.45) is 5.73 Å². The molecule has 2 heterocycles. The summed E-state index contributed by atoms with van der Waals surface area (Å²) in [5.41, 5.74) is 6.80. The highest BCUT2D eigenvalue weighted by Gasteiger charge is 2.10. The van der Waals surface area contributed by atoms with Crippen molar-refractivity contribution in [2.75, 3.05) is 11.1 Å². The Hall–Kier alpha value is -2.74. The molecular formula is C15H14N4O3S. The molecule has 0 aliphatic heterocycles. The third-order valence-electron chi connectivity index (χ3n) is 2.93. The van der Waals surface area contributed by atoms with Gasteiger partial charge in [0.1, 0.15) is 6.26 Å². The number of amides is 1. The number of benzene rings is 1. The number of nitrogens with two attached hydrogens (primary N) is 1. The van der Waals surface area contributed by atoms with E-state index in [-0.39, 0.29) is 11.7 Å². The lowest BCUT2D eigenvalue weighted by Gasteiger charge is -2.09. The van der Waals surface area contributed by atoms with E-state index in [0.717, 1.165) is 16.1 Å². The minimum Gasteiger partial charge on any atom is -0.472 e. The van der Waals surface area contributed by atoms with Crippen molar-refractivity contribution in [1.82, 2.24) is 10.1 Å². The van der Waals surface area contributed by atoms with Crippen LogP contribution < -0.4 is 11.1 Å². The number of aromatic nitrogens is 2. The van der Waals surface area contributed by atoms with Crippen molar-refractivity contribution >= 4 is 23.4 Å². The van der Waals surface area contributed by atoms with Gasteiger partial charge in [-0.05, 0) is 18.2 Å². The fourth-order valence-electron chi connectivity index (χ4n) is 1.89. The zero-order valence-corrected chi connectivity index (χ0v) is 12.9. The molecule has 0 atom stereocenters. The number of hydrogen-bond donors (Lipinski definition) is 2. The number of furan rings is 1. The number of hydrogen-bond acceptors (Lipinski definition) is 7. The van der Waals surface area contributed by atoms with Crippen LogP contribution in [0.4, 0.5) is 5.69 Å². The third-order valence-corrected chi connectivity index (χ3v) is 4.03. The van der Waals surface area contributed by atoms with Gasteiger partial charge in [-0.3, -0.25) is 4.79 Å². The van der Waals surface area contributed by atoms with Gasteiger partial charge < -0.3 is 20.0 Å². The molecule has 0 saturated carbocycles. The van der Waals surface area contributed by atoms with Crippen molar-refractivity contribution in [3.63, 3.8) is 0 Å². The van der Waals surface area contributed by atoms with Crippen LogP contribution in [0.15, 0.2) is 56.7 Å². The summed E-state index contributed by atoms with van der Waals surface area (Å²) in [6, 6.07) is 9.40. The molecule has 0 fully saturated rings. The number of thioether (sulfide) groups is 1. The minimum atomic E-state index is -0.354. The van der Waals surface area contributed by atoms with Gasteiger partial charge in [0.2, 0.25) is 5.91 Å². The summed E-state index contributed by atoms with van der Waals surface area (Å²) in [7, 11) is 0. The summed E-state index contributed by atoms with van der Waals surface area (Å²) in [5.74, 6) is 0.807. The molecule has 3 N–H and O–H groups in total. The quantitative estimate of drug-likeness (QED) is 0.641. The van der Waals surface area contributed by atoms with E-state index in [0.29, 0.717) is 18.3 Å². The zero-order valence-electron chi connectivity index (χ0n) is 12.1. The first-order valence-electron chi connectivity index (χ1n) is 6.81. The molecule has 23 heavy (non-hydrogen) atoms. The molecule has 7 nitrogen and oxygen atoms in total. The first kappa shape index (κ1) is 15.2. The molecule has 1 amide bonds. The summed E-state index contributed by atoms with van der Waals surface area (Å²) >= 11 is 1.38. The van der Waals surface area contributed by atoms with Gasteiger partial charge in [-0.15, -0.1) is 11.8 Å². The number of carbonyl (C=O) groups is 1. The molecule has 8 heteroatoms. The smallest absolute Gasteiger partial charge is 0.261 e. The molecule has 0 aliphatic rings. The molecule has 0 bridgehead atoms. The Morgan fingerprint density at radius 1 is 1.30 bits per heavy atom. The van der Waals surface area contributed by atoms with E-state index in [1.807, 2.05) is 24.3 Å². The largest absolute Gasteiger partial charge is 0.472 e. The van der Waals surface area contributed by atoms with Crippen LogP contribution in [0.3, 0.4) is 0 Å². The van der Waals surface area contributed by atoms with E-state index in [1.165, 1.54) is 11.8 Å². The highest BCUT2D eigenvalue weighted by atomic mass is 32.2. The van der Waals surface area contributed by atoms with E-state index in [9.17, 15) is 4.79 Å². The van der Waals surface area contributed by atoms with Gasteiger partial charge in [0.15, 0.2) is 5.82 Å². The molecule has 0 saturated heterocycles. The first-order chi connectivity index (χ1) is 11.2. The van der Waals surface area contributed by atoms with Crippen molar-refractivity contribution in [1.29, 1.82) is 0 Å². The third kappa shape index (κ3) is 3.92. The molecule has 0 radical (unpaired) electrons. The maximum Gasteiger partial charge on any atom is 0.261 e. The SMILES string of the molecule is NC(=O)CSc1ccccc1NCc1noc(-c2ccoc2)n1. The predicted octanol–water partition coefficient (Wildman–Crippen LogP) is 2.52. The Kier molecular flexibility index (Phi) is 4.62. The van der Waals surface area contributed by atoms with Gasteiger partial charge in [-0.1, -0.05) is 17.3 Å².